The lowest BCUT2D eigenvalue weighted by atomic mass is 9.90. The minimum absolute atomic E-state index is 0.188. The molecule has 1 aromatic heterocycles. The summed E-state index contributed by atoms with van der Waals surface area (Å²) in [7, 11) is 3.09. The summed E-state index contributed by atoms with van der Waals surface area (Å²) in [4.78, 5) is 14.3. The van der Waals surface area contributed by atoms with Crippen LogP contribution in [-0.4, -0.2) is 38.3 Å². The predicted molar refractivity (Wildman–Crippen MR) is 74.1 cm³/mol. The Hall–Kier alpha value is -1.33. The zero-order valence-corrected chi connectivity index (χ0v) is 12.2. The van der Waals surface area contributed by atoms with E-state index in [-0.39, 0.29) is 11.4 Å². The van der Waals surface area contributed by atoms with Crippen LogP contribution in [-0.2, 0) is 16.0 Å². The van der Waals surface area contributed by atoms with E-state index in [0.717, 1.165) is 25.3 Å². The molecule has 0 saturated carbocycles. The highest BCUT2D eigenvalue weighted by Crippen LogP contribution is 2.18. The van der Waals surface area contributed by atoms with Gasteiger partial charge in [0, 0.05) is 32.5 Å². The Labute approximate surface area is 114 Å². The first-order valence-electron chi connectivity index (χ1n) is 6.44. The molecule has 19 heavy (non-hydrogen) atoms. The summed E-state index contributed by atoms with van der Waals surface area (Å²) in [6, 6.07) is 3.63. The molecule has 0 aliphatic rings. The van der Waals surface area contributed by atoms with Crippen molar-refractivity contribution >= 4 is 5.97 Å². The molecule has 0 unspecified atom stereocenters. The number of carbonyl (C=O) groups is 1. The quantitative estimate of drug-likeness (QED) is 0.707. The number of ether oxygens (including phenoxy) is 2. The van der Waals surface area contributed by atoms with Crippen molar-refractivity contribution < 1.29 is 14.3 Å². The lowest BCUT2D eigenvalue weighted by Gasteiger charge is -2.24. The van der Waals surface area contributed by atoms with Crippen LogP contribution >= 0.6 is 0 Å². The van der Waals surface area contributed by atoms with E-state index >= 15 is 0 Å². The molecule has 0 aliphatic heterocycles. The molecular formula is C14H24N2O3. The van der Waals surface area contributed by atoms with Gasteiger partial charge in [0.05, 0.1) is 7.11 Å². The summed E-state index contributed by atoms with van der Waals surface area (Å²) in [6.07, 6.45) is 1.01. The molecule has 5 nitrogen and oxygen atoms in total. The molecule has 0 atom stereocenters. The number of esters is 1. The van der Waals surface area contributed by atoms with Crippen molar-refractivity contribution in [1.82, 2.24) is 10.3 Å². The topological polar surface area (TPSA) is 63.4 Å². The molecule has 0 spiro atoms. The van der Waals surface area contributed by atoms with E-state index in [1.54, 1.807) is 13.2 Å². The molecule has 0 saturated heterocycles. The van der Waals surface area contributed by atoms with E-state index in [4.69, 9.17) is 4.74 Å². The lowest BCUT2D eigenvalue weighted by Crippen LogP contribution is -2.30. The van der Waals surface area contributed by atoms with Crippen molar-refractivity contribution in [2.24, 2.45) is 5.41 Å². The number of rotatable bonds is 8. The van der Waals surface area contributed by atoms with E-state index in [2.05, 4.69) is 28.9 Å². The number of aromatic nitrogens is 1. The van der Waals surface area contributed by atoms with Crippen LogP contribution in [0.1, 0.15) is 36.5 Å². The number of aromatic amines is 1. The van der Waals surface area contributed by atoms with Crippen LogP contribution in [0.2, 0.25) is 0 Å². The highest BCUT2D eigenvalue weighted by molar-refractivity contribution is 5.87. The first kappa shape index (κ1) is 15.7. The predicted octanol–water partition coefficient (Wildman–Crippen LogP) is 1.95. The number of carbonyl (C=O) groups excluding carboxylic acids is 1. The van der Waals surface area contributed by atoms with Gasteiger partial charge in [-0.3, -0.25) is 0 Å². The van der Waals surface area contributed by atoms with Gasteiger partial charge >= 0.3 is 5.97 Å². The SMILES string of the molecule is COCCC(C)(C)CNCc1ccc(C(=O)OC)[nH]1. The summed E-state index contributed by atoms with van der Waals surface area (Å²) < 4.78 is 9.75. The fraction of sp³-hybridized carbons (Fsp3) is 0.643. The van der Waals surface area contributed by atoms with Crippen LogP contribution in [0.5, 0.6) is 0 Å². The van der Waals surface area contributed by atoms with Gasteiger partial charge in [0.2, 0.25) is 0 Å². The molecular weight excluding hydrogens is 244 g/mol. The van der Waals surface area contributed by atoms with Crippen molar-refractivity contribution in [3.05, 3.63) is 23.5 Å². The van der Waals surface area contributed by atoms with Gasteiger partial charge in [-0.25, -0.2) is 4.79 Å². The number of methoxy groups -OCH3 is 2. The Morgan fingerprint density at radius 3 is 2.74 bits per heavy atom. The molecule has 0 fully saturated rings. The molecule has 1 rings (SSSR count). The standard InChI is InChI=1S/C14H24N2O3/c1-14(2,7-8-18-3)10-15-9-11-5-6-12(16-11)13(17)19-4/h5-6,15-16H,7-10H2,1-4H3. The van der Waals surface area contributed by atoms with E-state index in [9.17, 15) is 4.79 Å². The van der Waals surface area contributed by atoms with Gasteiger partial charge in [-0.15, -0.1) is 0 Å². The first-order chi connectivity index (χ1) is 8.98. The summed E-state index contributed by atoms with van der Waals surface area (Å²) in [6.45, 7) is 6.77. The summed E-state index contributed by atoms with van der Waals surface area (Å²) in [5.41, 5.74) is 1.65. The molecule has 2 N–H and O–H groups in total. The molecule has 1 aromatic rings. The molecule has 0 amide bonds. The lowest BCUT2D eigenvalue weighted by molar-refractivity contribution is 0.0594. The van der Waals surface area contributed by atoms with Crippen LogP contribution in [0.4, 0.5) is 0 Å². The zero-order chi connectivity index (χ0) is 14.3. The van der Waals surface area contributed by atoms with Crippen LogP contribution < -0.4 is 5.32 Å². The van der Waals surface area contributed by atoms with Gasteiger partial charge in [-0.1, -0.05) is 13.8 Å². The van der Waals surface area contributed by atoms with Crippen molar-refractivity contribution in [3.63, 3.8) is 0 Å². The number of hydrogen-bond acceptors (Lipinski definition) is 4. The van der Waals surface area contributed by atoms with Crippen molar-refractivity contribution in [1.29, 1.82) is 0 Å². The maximum absolute atomic E-state index is 11.3. The van der Waals surface area contributed by atoms with E-state index in [1.165, 1.54) is 7.11 Å². The summed E-state index contributed by atoms with van der Waals surface area (Å²) in [5.74, 6) is -0.341. The van der Waals surface area contributed by atoms with Crippen LogP contribution in [0.15, 0.2) is 12.1 Å². The Kier molecular flexibility index (Phi) is 6.05. The third kappa shape index (κ3) is 5.44. The first-order valence-corrected chi connectivity index (χ1v) is 6.44. The molecule has 0 aromatic carbocycles. The normalized spacial score (nSPS) is 11.6. The van der Waals surface area contributed by atoms with E-state index < -0.39 is 0 Å². The second-order valence-corrected chi connectivity index (χ2v) is 5.40. The van der Waals surface area contributed by atoms with Crippen LogP contribution in [0, 0.1) is 5.41 Å². The molecule has 0 radical (unpaired) electrons. The Morgan fingerprint density at radius 2 is 2.11 bits per heavy atom. The van der Waals surface area contributed by atoms with Gasteiger partial charge in [-0.05, 0) is 24.0 Å². The Bertz CT molecular complexity index is 399. The van der Waals surface area contributed by atoms with Gasteiger partial charge in [-0.2, -0.15) is 0 Å². The number of nitrogens with one attached hydrogen (secondary N) is 2. The minimum Gasteiger partial charge on any atom is -0.464 e. The van der Waals surface area contributed by atoms with Crippen molar-refractivity contribution in [2.75, 3.05) is 27.4 Å². The largest absolute Gasteiger partial charge is 0.464 e. The smallest absolute Gasteiger partial charge is 0.354 e. The average molecular weight is 268 g/mol. The van der Waals surface area contributed by atoms with Crippen LogP contribution in [0.3, 0.4) is 0 Å². The fourth-order valence-corrected chi connectivity index (χ4v) is 1.77. The van der Waals surface area contributed by atoms with E-state index in [0.29, 0.717) is 12.2 Å². The Morgan fingerprint density at radius 1 is 1.37 bits per heavy atom. The van der Waals surface area contributed by atoms with E-state index in [1.807, 2.05) is 6.07 Å². The van der Waals surface area contributed by atoms with Crippen LogP contribution in [0.25, 0.3) is 0 Å². The monoisotopic (exact) mass is 268 g/mol. The second kappa shape index (κ2) is 7.31. The third-order valence-corrected chi connectivity index (χ3v) is 3.05. The highest BCUT2D eigenvalue weighted by Gasteiger charge is 2.17. The van der Waals surface area contributed by atoms with Gasteiger partial charge in [0.25, 0.3) is 0 Å². The van der Waals surface area contributed by atoms with Gasteiger partial charge < -0.3 is 19.8 Å². The Balaban J connectivity index is 2.36. The number of H-pyrrole nitrogens is 1. The maximum Gasteiger partial charge on any atom is 0.354 e. The molecule has 5 heteroatoms. The van der Waals surface area contributed by atoms with Gasteiger partial charge in [0.15, 0.2) is 0 Å². The number of hydrogen-bond donors (Lipinski definition) is 2. The van der Waals surface area contributed by atoms with Crippen molar-refractivity contribution in [3.8, 4) is 0 Å². The van der Waals surface area contributed by atoms with Gasteiger partial charge in [0.1, 0.15) is 5.69 Å². The average Bonchev–Trinajstić information content (AvgIpc) is 2.84. The highest BCUT2D eigenvalue weighted by atomic mass is 16.5. The molecule has 0 aliphatic carbocycles. The fourth-order valence-electron chi connectivity index (χ4n) is 1.77. The molecule has 0 bridgehead atoms. The zero-order valence-electron chi connectivity index (χ0n) is 12.2. The van der Waals surface area contributed by atoms with Crippen molar-refractivity contribution in [2.45, 2.75) is 26.8 Å². The minimum atomic E-state index is -0.341. The third-order valence-electron chi connectivity index (χ3n) is 3.05. The molecule has 108 valence electrons. The summed E-state index contributed by atoms with van der Waals surface area (Å²) >= 11 is 0. The molecule has 1 heterocycles. The maximum atomic E-state index is 11.3. The summed E-state index contributed by atoms with van der Waals surface area (Å²) in [5, 5.41) is 3.38. The second-order valence-electron chi connectivity index (χ2n) is 5.40.